The summed E-state index contributed by atoms with van der Waals surface area (Å²) in [5.74, 6) is 0.565. The summed E-state index contributed by atoms with van der Waals surface area (Å²) in [5.41, 5.74) is 4.48. The average molecular weight is 386 g/mol. The van der Waals surface area contributed by atoms with E-state index < -0.39 is 0 Å². The molecule has 1 fully saturated rings. The number of anilines is 1. The van der Waals surface area contributed by atoms with Gasteiger partial charge in [-0.15, -0.1) is 0 Å². The van der Waals surface area contributed by atoms with E-state index in [1.807, 2.05) is 30.0 Å². The summed E-state index contributed by atoms with van der Waals surface area (Å²) >= 11 is 1.59. The highest BCUT2D eigenvalue weighted by atomic mass is 32.2. The molecule has 0 radical (unpaired) electrons. The van der Waals surface area contributed by atoms with Gasteiger partial charge in [0.2, 0.25) is 5.91 Å². The lowest BCUT2D eigenvalue weighted by atomic mass is 9.95. The fourth-order valence-electron chi connectivity index (χ4n) is 4.02. The van der Waals surface area contributed by atoms with Crippen LogP contribution in [0.15, 0.2) is 29.4 Å². The number of amides is 1. The molecular formula is C22H31N3OS. The van der Waals surface area contributed by atoms with Gasteiger partial charge in [0.05, 0.1) is 11.4 Å². The normalized spacial score (nSPS) is 15.1. The van der Waals surface area contributed by atoms with Crippen molar-refractivity contribution in [3.63, 3.8) is 0 Å². The molecule has 0 aliphatic heterocycles. The smallest absolute Gasteiger partial charge is 0.237 e. The Morgan fingerprint density at radius 1 is 1.19 bits per heavy atom. The van der Waals surface area contributed by atoms with Crippen molar-refractivity contribution in [3.8, 4) is 0 Å². The molecule has 1 heterocycles. The number of aryl methyl sites for hydroxylation is 2. The van der Waals surface area contributed by atoms with Gasteiger partial charge in [-0.25, -0.2) is 4.98 Å². The second-order valence-corrected chi connectivity index (χ2v) is 8.38. The number of carbonyl (C=O) groups excluding carboxylic acids is 1. The molecule has 0 saturated heterocycles. The van der Waals surface area contributed by atoms with E-state index >= 15 is 0 Å². The lowest BCUT2D eigenvalue weighted by Crippen LogP contribution is -2.32. The van der Waals surface area contributed by atoms with Crippen molar-refractivity contribution < 1.29 is 4.79 Å². The second-order valence-electron chi connectivity index (χ2n) is 7.44. The number of thioether (sulfide) groups is 1. The van der Waals surface area contributed by atoms with Crippen molar-refractivity contribution in [3.05, 3.63) is 41.2 Å². The maximum atomic E-state index is 12.9. The molecule has 1 aliphatic rings. The predicted molar refractivity (Wildman–Crippen MR) is 114 cm³/mol. The predicted octanol–water partition coefficient (Wildman–Crippen LogP) is 5.46. The van der Waals surface area contributed by atoms with Crippen LogP contribution in [0.5, 0.6) is 0 Å². The van der Waals surface area contributed by atoms with Gasteiger partial charge in [-0.05, 0) is 52.2 Å². The molecule has 1 amide bonds. The van der Waals surface area contributed by atoms with Crippen LogP contribution in [-0.2, 0) is 4.79 Å². The summed E-state index contributed by atoms with van der Waals surface area (Å²) in [4.78, 5) is 19.6. The Balaban J connectivity index is 1.75. The van der Waals surface area contributed by atoms with Crippen LogP contribution >= 0.6 is 11.8 Å². The average Bonchev–Trinajstić information content (AvgIpc) is 2.97. The first-order valence-corrected chi connectivity index (χ1v) is 11.1. The first-order valence-electron chi connectivity index (χ1n) is 10.1. The number of aromatic nitrogens is 2. The quantitative estimate of drug-likeness (QED) is 0.620. The molecule has 3 rings (SSSR count). The van der Waals surface area contributed by atoms with Crippen LogP contribution in [0.1, 0.15) is 62.0 Å². The fourth-order valence-corrected chi connectivity index (χ4v) is 5.05. The van der Waals surface area contributed by atoms with Crippen molar-refractivity contribution in [1.82, 2.24) is 9.55 Å². The topological polar surface area (TPSA) is 38.1 Å². The van der Waals surface area contributed by atoms with Crippen molar-refractivity contribution in [2.75, 3.05) is 17.2 Å². The molecule has 27 heavy (non-hydrogen) atoms. The van der Waals surface area contributed by atoms with Crippen LogP contribution in [0.25, 0.3) is 0 Å². The molecule has 0 unspecified atom stereocenters. The van der Waals surface area contributed by atoms with Crippen LogP contribution < -0.4 is 4.90 Å². The first kappa shape index (κ1) is 20.0. The summed E-state index contributed by atoms with van der Waals surface area (Å²) in [6.07, 6.45) is 6.37. The van der Waals surface area contributed by atoms with Gasteiger partial charge in [-0.2, -0.15) is 0 Å². The Bertz CT molecular complexity index is 793. The van der Waals surface area contributed by atoms with Crippen LogP contribution in [-0.4, -0.2) is 27.8 Å². The van der Waals surface area contributed by atoms with Gasteiger partial charge in [-0.1, -0.05) is 49.2 Å². The zero-order valence-electron chi connectivity index (χ0n) is 17.0. The Morgan fingerprint density at radius 2 is 1.89 bits per heavy atom. The van der Waals surface area contributed by atoms with Gasteiger partial charge >= 0.3 is 0 Å². The lowest BCUT2D eigenvalue weighted by Gasteiger charge is -2.26. The molecule has 0 spiro atoms. The molecule has 0 N–H and O–H groups in total. The summed E-state index contributed by atoms with van der Waals surface area (Å²) in [6.45, 7) is 9.01. The van der Waals surface area contributed by atoms with Gasteiger partial charge in [0.1, 0.15) is 0 Å². The highest BCUT2D eigenvalue weighted by Crippen LogP contribution is 2.34. The summed E-state index contributed by atoms with van der Waals surface area (Å²) in [5, 5.41) is 1.01. The molecular weight excluding hydrogens is 354 g/mol. The van der Waals surface area contributed by atoms with Gasteiger partial charge in [-0.3, -0.25) is 4.79 Å². The van der Waals surface area contributed by atoms with Crippen LogP contribution in [0.4, 0.5) is 5.69 Å². The van der Waals surface area contributed by atoms with E-state index in [0.29, 0.717) is 18.3 Å². The Hall–Kier alpha value is -1.75. The number of carbonyl (C=O) groups is 1. The van der Waals surface area contributed by atoms with E-state index in [9.17, 15) is 4.79 Å². The van der Waals surface area contributed by atoms with Gasteiger partial charge < -0.3 is 9.47 Å². The fraction of sp³-hybridized carbons (Fsp3) is 0.545. The molecule has 0 bridgehead atoms. The Labute approximate surface area is 167 Å². The van der Waals surface area contributed by atoms with E-state index in [4.69, 9.17) is 4.98 Å². The summed E-state index contributed by atoms with van der Waals surface area (Å²) < 4.78 is 2.40. The van der Waals surface area contributed by atoms with Crippen LogP contribution in [0.3, 0.4) is 0 Å². The van der Waals surface area contributed by atoms with Gasteiger partial charge in [0.15, 0.2) is 5.16 Å². The Morgan fingerprint density at radius 3 is 2.56 bits per heavy atom. The van der Waals surface area contributed by atoms with Crippen molar-refractivity contribution in [1.29, 1.82) is 0 Å². The maximum Gasteiger partial charge on any atom is 0.237 e. The number of para-hydroxylation sites is 1. The molecule has 5 heteroatoms. The minimum absolute atomic E-state index is 0.144. The van der Waals surface area contributed by atoms with Crippen molar-refractivity contribution >= 4 is 23.4 Å². The number of imidazole rings is 1. The number of nitrogens with zero attached hydrogens (tertiary/aromatic N) is 3. The van der Waals surface area contributed by atoms with E-state index in [0.717, 1.165) is 22.1 Å². The van der Waals surface area contributed by atoms with E-state index in [1.165, 1.54) is 37.8 Å². The molecule has 4 nitrogen and oxygen atoms in total. The number of hydrogen-bond donors (Lipinski definition) is 0. The maximum absolute atomic E-state index is 12.9. The highest BCUT2D eigenvalue weighted by molar-refractivity contribution is 7.99. The van der Waals surface area contributed by atoms with E-state index in [2.05, 4.69) is 31.4 Å². The standard InChI is InChI=1S/C22H31N3OS/c1-5-24(20-14-10-9-11-16(20)2)21(26)15-27-22-23-17(3)18(4)25(22)19-12-7-6-8-13-19/h9-11,14,19H,5-8,12-13,15H2,1-4H3. The van der Waals surface area contributed by atoms with E-state index in [-0.39, 0.29) is 5.91 Å². The lowest BCUT2D eigenvalue weighted by molar-refractivity contribution is -0.116. The number of rotatable bonds is 6. The molecule has 2 aromatic rings. The van der Waals surface area contributed by atoms with Crippen molar-refractivity contribution in [2.24, 2.45) is 0 Å². The summed E-state index contributed by atoms with van der Waals surface area (Å²) in [6, 6.07) is 8.63. The number of hydrogen-bond acceptors (Lipinski definition) is 3. The van der Waals surface area contributed by atoms with Crippen LogP contribution in [0, 0.1) is 20.8 Å². The highest BCUT2D eigenvalue weighted by Gasteiger charge is 2.23. The molecule has 146 valence electrons. The molecule has 1 saturated carbocycles. The SMILES string of the molecule is CCN(C(=O)CSc1nc(C)c(C)n1C1CCCCC1)c1ccccc1C. The monoisotopic (exact) mass is 385 g/mol. The van der Waals surface area contributed by atoms with E-state index in [1.54, 1.807) is 11.8 Å². The Kier molecular flexibility index (Phi) is 6.64. The zero-order chi connectivity index (χ0) is 19.4. The number of benzene rings is 1. The largest absolute Gasteiger partial charge is 0.320 e. The second kappa shape index (κ2) is 8.96. The molecule has 0 atom stereocenters. The first-order chi connectivity index (χ1) is 13.0. The van der Waals surface area contributed by atoms with Crippen LogP contribution in [0.2, 0.25) is 0 Å². The third kappa shape index (κ3) is 4.40. The third-order valence-corrected chi connectivity index (χ3v) is 6.58. The van der Waals surface area contributed by atoms with Gasteiger partial charge in [0.25, 0.3) is 0 Å². The van der Waals surface area contributed by atoms with Gasteiger partial charge in [0, 0.05) is 24.0 Å². The molecule has 1 aliphatic carbocycles. The minimum atomic E-state index is 0.144. The van der Waals surface area contributed by atoms with Crippen molar-refractivity contribution in [2.45, 2.75) is 71.0 Å². The molecule has 1 aromatic carbocycles. The molecule has 1 aromatic heterocycles. The minimum Gasteiger partial charge on any atom is -0.320 e. The summed E-state index contributed by atoms with van der Waals surface area (Å²) in [7, 11) is 0. The third-order valence-electron chi connectivity index (χ3n) is 5.64. The zero-order valence-corrected chi connectivity index (χ0v) is 17.8.